The van der Waals surface area contributed by atoms with Crippen LogP contribution in [0.1, 0.15) is 71.9 Å². The lowest BCUT2D eigenvalue weighted by Gasteiger charge is -2.40. The van der Waals surface area contributed by atoms with E-state index in [2.05, 4.69) is 39.4 Å². The maximum absolute atomic E-state index is 12.8. The Kier molecular flexibility index (Phi) is 12.2. The summed E-state index contributed by atoms with van der Waals surface area (Å²) < 4.78 is 23.1. The Balaban J connectivity index is 1.65. The van der Waals surface area contributed by atoms with Crippen molar-refractivity contribution < 1.29 is 23.7 Å². The minimum Gasteiger partial charge on any atom is -0.476 e. The number of amidine groups is 2. The second-order valence-corrected chi connectivity index (χ2v) is 17.6. The van der Waals surface area contributed by atoms with Gasteiger partial charge in [0.1, 0.15) is 30.2 Å². The zero-order valence-corrected chi connectivity index (χ0v) is 28.8. The molecule has 10 nitrogen and oxygen atoms in total. The number of aliphatic imine (C=N–C) groups is 2. The number of nitrogens with zero attached hydrogens (tertiary/aromatic N) is 4. The Hall–Kier alpha value is -3.18. The van der Waals surface area contributed by atoms with Crippen molar-refractivity contribution in [2.75, 3.05) is 44.0 Å². The molecule has 0 amide bonds. The van der Waals surface area contributed by atoms with Gasteiger partial charge in [-0.15, -0.1) is 0 Å². The summed E-state index contributed by atoms with van der Waals surface area (Å²) in [5.74, 6) is 2.70. The van der Waals surface area contributed by atoms with Crippen LogP contribution in [-0.4, -0.2) is 83.5 Å². The van der Waals surface area contributed by atoms with E-state index in [0.29, 0.717) is 18.1 Å². The number of rotatable bonds is 13. The van der Waals surface area contributed by atoms with Gasteiger partial charge < -0.3 is 24.7 Å². The summed E-state index contributed by atoms with van der Waals surface area (Å²) >= 11 is 0. The van der Waals surface area contributed by atoms with Gasteiger partial charge in [-0.25, -0.2) is 20.0 Å². The molecule has 0 atom stereocenters. The van der Waals surface area contributed by atoms with Crippen molar-refractivity contribution >= 4 is 27.9 Å². The van der Waals surface area contributed by atoms with Crippen molar-refractivity contribution in [1.29, 1.82) is 0 Å². The molecule has 2 heterocycles. The first kappa shape index (κ1) is 35.3. The van der Waals surface area contributed by atoms with E-state index in [0.717, 1.165) is 41.8 Å². The summed E-state index contributed by atoms with van der Waals surface area (Å²) in [6.45, 7) is 14.7. The largest absolute Gasteiger partial charge is 0.476 e. The quantitative estimate of drug-likeness (QED) is 0.126. The predicted molar refractivity (Wildman–Crippen MR) is 180 cm³/mol. The van der Waals surface area contributed by atoms with Crippen LogP contribution in [0.15, 0.2) is 40.6 Å². The maximum Gasteiger partial charge on any atom is 0.316 e. The van der Waals surface area contributed by atoms with Crippen molar-refractivity contribution in [1.82, 2.24) is 9.97 Å². The van der Waals surface area contributed by atoms with Crippen LogP contribution in [0, 0.1) is 12.3 Å². The second-order valence-electron chi connectivity index (χ2n) is 13.1. The van der Waals surface area contributed by atoms with Crippen LogP contribution >= 0.6 is 10.0 Å². The molecule has 0 bridgehead atoms. The number of esters is 1. The fraction of sp³-hybridized carbons (Fsp3) is 0.606. The third-order valence-corrected chi connectivity index (χ3v) is 10.3. The number of aryl methyl sites for hydroxylation is 1. The van der Waals surface area contributed by atoms with Crippen molar-refractivity contribution in [3.63, 3.8) is 0 Å². The molecule has 1 fully saturated rings. The molecular weight excluding hydrogens is 578 g/mol. The van der Waals surface area contributed by atoms with Gasteiger partial charge in [-0.3, -0.25) is 9.78 Å². The van der Waals surface area contributed by atoms with Crippen LogP contribution in [0.25, 0.3) is 11.3 Å². The topological polar surface area (TPSA) is 131 Å². The van der Waals surface area contributed by atoms with Crippen LogP contribution in [0.3, 0.4) is 0 Å². The van der Waals surface area contributed by atoms with Gasteiger partial charge >= 0.3 is 12.0 Å². The van der Waals surface area contributed by atoms with E-state index in [1.165, 1.54) is 5.75 Å². The average Bonchev–Trinajstić information content (AvgIpc) is 2.91. The van der Waals surface area contributed by atoms with Gasteiger partial charge in [0, 0.05) is 35.3 Å². The smallest absolute Gasteiger partial charge is 0.316 e. The van der Waals surface area contributed by atoms with Gasteiger partial charge in [-0.05, 0) is 90.3 Å². The van der Waals surface area contributed by atoms with Gasteiger partial charge in [-0.2, -0.15) is 4.99 Å². The number of ether oxygens (including phenoxy) is 4. The molecule has 0 aromatic carbocycles. The highest BCUT2D eigenvalue weighted by Crippen LogP contribution is 2.43. The zero-order valence-electron chi connectivity index (χ0n) is 27.9. The van der Waals surface area contributed by atoms with E-state index in [9.17, 15) is 4.79 Å². The van der Waals surface area contributed by atoms with E-state index >= 15 is 0 Å². The van der Waals surface area contributed by atoms with Crippen molar-refractivity contribution in [2.24, 2.45) is 21.1 Å². The van der Waals surface area contributed by atoms with Crippen molar-refractivity contribution in [3.05, 3.63) is 41.7 Å². The molecule has 1 saturated carbocycles. The Labute approximate surface area is 264 Å². The van der Waals surface area contributed by atoms with Crippen molar-refractivity contribution in [3.8, 4) is 17.1 Å². The number of pyridine rings is 2. The number of aromatic nitrogens is 2. The summed E-state index contributed by atoms with van der Waals surface area (Å²) in [6.07, 6.45) is 10.4. The molecular formula is C33H51N5O5S. The molecule has 2 aromatic rings. The van der Waals surface area contributed by atoms with E-state index in [1.807, 2.05) is 59.7 Å². The summed E-state index contributed by atoms with van der Waals surface area (Å²) in [6, 6.07) is 5.76. The second kappa shape index (κ2) is 15.2. The molecule has 0 unspecified atom stereocenters. The van der Waals surface area contributed by atoms with Gasteiger partial charge in [0.05, 0.1) is 18.4 Å². The molecule has 2 N–H and O–H groups in total. The third-order valence-electron chi connectivity index (χ3n) is 7.47. The lowest BCUT2D eigenvalue weighted by Crippen LogP contribution is -2.46. The lowest BCUT2D eigenvalue weighted by atomic mass is 9.69. The van der Waals surface area contributed by atoms with Crippen LogP contribution in [0.4, 0.5) is 0 Å². The first-order valence-electron chi connectivity index (χ1n) is 15.2. The Morgan fingerprint density at radius 3 is 2.43 bits per heavy atom. The molecule has 44 heavy (non-hydrogen) atoms. The fourth-order valence-corrected chi connectivity index (χ4v) is 5.12. The minimum atomic E-state index is -0.623. The molecule has 2 aromatic heterocycles. The zero-order chi connectivity index (χ0) is 32.5. The van der Waals surface area contributed by atoms with E-state index in [1.54, 1.807) is 12.4 Å². The Morgan fingerprint density at radius 1 is 1.16 bits per heavy atom. The summed E-state index contributed by atoms with van der Waals surface area (Å²) in [5, 5.41) is 0. The first-order valence-corrected chi connectivity index (χ1v) is 18.0. The standard InChI is InChI=1S/C33H51N5O5S/c1-10-44(8,9)17-16-40-22-37-31(42-23(2)3)38-29(34)25-12-13-27(35-19-25)26-20-36-28(18-24(26)4)41-21-33(14-11-15-33)30(39)43-32(5,6)7/h12-13,18-20,23H,10-11,14-17,21-22H2,1-9H3,(H2,34,37,38). The molecule has 0 radical (unpaired) electrons. The number of hydrogen-bond acceptors (Lipinski definition) is 8. The summed E-state index contributed by atoms with van der Waals surface area (Å²) in [7, 11) is -0.623. The molecule has 11 heteroatoms. The van der Waals surface area contributed by atoms with E-state index < -0.39 is 21.0 Å². The SMILES string of the molecule is CCS(C)(C)CCOC/N=C(/N=C(\N)c1ccc(-c2cnc(OCC3(C(=O)OC(C)(C)C)CCC3)cc2C)nc1)OC(C)C. The molecule has 3 rings (SSSR count). The summed E-state index contributed by atoms with van der Waals surface area (Å²) in [4.78, 5) is 30.7. The van der Waals surface area contributed by atoms with Gasteiger partial charge in [0.2, 0.25) is 5.88 Å². The van der Waals surface area contributed by atoms with E-state index in [4.69, 9.17) is 24.7 Å². The summed E-state index contributed by atoms with van der Waals surface area (Å²) in [5.41, 5.74) is 8.35. The lowest BCUT2D eigenvalue weighted by molar-refractivity contribution is -0.176. The molecule has 1 aliphatic carbocycles. The molecule has 1 aliphatic rings. The monoisotopic (exact) mass is 629 g/mol. The normalized spacial score (nSPS) is 16.0. The van der Waals surface area contributed by atoms with Gasteiger partial charge in [-0.1, -0.05) is 13.3 Å². The maximum atomic E-state index is 12.8. The Morgan fingerprint density at radius 2 is 1.89 bits per heavy atom. The Bertz CT molecular complexity index is 1310. The molecule has 0 saturated heterocycles. The van der Waals surface area contributed by atoms with Crippen LogP contribution < -0.4 is 10.5 Å². The van der Waals surface area contributed by atoms with E-state index in [-0.39, 0.29) is 37.3 Å². The minimum absolute atomic E-state index is 0.117. The van der Waals surface area contributed by atoms with Gasteiger partial charge in [0.15, 0.2) is 0 Å². The van der Waals surface area contributed by atoms with Gasteiger partial charge in [0.25, 0.3) is 0 Å². The highest BCUT2D eigenvalue weighted by molar-refractivity contribution is 8.32. The van der Waals surface area contributed by atoms with Crippen LogP contribution in [0.2, 0.25) is 0 Å². The third kappa shape index (κ3) is 10.5. The van der Waals surface area contributed by atoms with Crippen LogP contribution in [0.5, 0.6) is 5.88 Å². The number of carbonyl (C=O) groups excluding carboxylic acids is 1. The number of hydrogen-bond donors (Lipinski definition) is 1. The van der Waals surface area contributed by atoms with Crippen molar-refractivity contribution in [2.45, 2.75) is 79.4 Å². The predicted octanol–water partition coefficient (Wildman–Crippen LogP) is 5.89. The number of carbonyl (C=O) groups is 1. The average molecular weight is 630 g/mol. The highest BCUT2D eigenvalue weighted by Gasteiger charge is 2.47. The first-order chi connectivity index (χ1) is 20.6. The fourth-order valence-electron chi connectivity index (χ4n) is 4.26. The van der Waals surface area contributed by atoms with Crippen LogP contribution in [-0.2, 0) is 19.0 Å². The molecule has 0 aliphatic heterocycles. The molecule has 244 valence electrons. The molecule has 0 spiro atoms. The number of nitrogens with two attached hydrogens (primary N) is 1. The highest BCUT2D eigenvalue weighted by atomic mass is 32.3.